The van der Waals surface area contributed by atoms with E-state index >= 15 is 0 Å². The van der Waals surface area contributed by atoms with Gasteiger partial charge in [0.2, 0.25) is 26.0 Å². The Balaban J connectivity index is 3.17. The summed E-state index contributed by atoms with van der Waals surface area (Å²) in [6.07, 6.45) is 2.15. The predicted molar refractivity (Wildman–Crippen MR) is 120 cm³/mol. The minimum absolute atomic E-state index is 0.0421. The molecule has 0 saturated heterocycles. The Kier molecular flexibility index (Phi) is 10.4. The Morgan fingerprint density at radius 2 is 1.79 bits per heavy atom. The maximum atomic E-state index is 12.8. The van der Waals surface area contributed by atoms with Crippen LogP contribution in [0.4, 0.5) is 5.69 Å². The van der Waals surface area contributed by atoms with Crippen LogP contribution in [-0.2, 0) is 24.8 Å². The molecule has 1 aromatic carbocycles. The average molecular weight is 486 g/mol. The third kappa shape index (κ3) is 7.41. The smallest absolute Gasteiger partial charge is 0.244 e. The van der Waals surface area contributed by atoms with Crippen LogP contribution in [0.15, 0.2) is 23.1 Å². The molecule has 0 heterocycles. The van der Waals surface area contributed by atoms with Gasteiger partial charge >= 0.3 is 0 Å². The van der Waals surface area contributed by atoms with E-state index in [2.05, 4.69) is 10.0 Å². The first-order valence-corrected chi connectivity index (χ1v) is 14.0. The van der Waals surface area contributed by atoms with Gasteiger partial charge in [-0.15, -0.1) is 0 Å². The Hall–Kier alpha value is -0.850. The topological polar surface area (TPSA) is 113 Å². The van der Waals surface area contributed by atoms with Crippen molar-refractivity contribution in [3.63, 3.8) is 0 Å². The molecule has 166 valence electrons. The van der Waals surface area contributed by atoms with Crippen LogP contribution in [0.1, 0.15) is 27.2 Å². The second-order valence-corrected chi connectivity index (χ2v) is 11.4. The third-order valence-electron chi connectivity index (χ3n) is 4.15. The molecule has 1 rings (SSSR count). The highest BCUT2D eigenvalue weighted by Gasteiger charge is 2.26. The molecule has 0 aromatic heterocycles. The Morgan fingerprint density at radius 1 is 1.17 bits per heavy atom. The fourth-order valence-electron chi connectivity index (χ4n) is 2.49. The van der Waals surface area contributed by atoms with Gasteiger partial charge in [0, 0.05) is 18.8 Å². The molecule has 8 nitrogen and oxygen atoms in total. The highest BCUT2D eigenvalue weighted by atomic mass is 35.5. The molecule has 2 N–H and O–H groups in total. The zero-order valence-corrected chi connectivity index (χ0v) is 20.1. The van der Waals surface area contributed by atoms with Crippen LogP contribution in [0, 0.1) is 0 Å². The number of carbonyl (C=O) groups is 1. The van der Waals surface area contributed by atoms with E-state index in [1.807, 2.05) is 6.26 Å². The monoisotopic (exact) mass is 485 g/mol. The van der Waals surface area contributed by atoms with E-state index in [0.717, 1.165) is 0 Å². The maximum Gasteiger partial charge on any atom is 0.244 e. The van der Waals surface area contributed by atoms with E-state index in [9.17, 15) is 21.6 Å². The molecule has 1 atom stereocenters. The summed E-state index contributed by atoms with van der Waals surface area (Å²) >= 11 is 7.59. The van der Waals surface area contributed by atoms with Gasteiger partial charge in [-0.1, -0.05) is 25.4 Å². The number of thioether (sulfide) groups is 1. The van der Waals surface area contributed by atoms with E-state index in [-0.39, 0.29) is 34.4 Å². The summed E-state index contributed by atoms with van der Waals surface area (Å²) in [6.45, 7) is 5.48. The minimum atomic E-state index is -3.82. The van der Waals surface area contributed by atoms with Crippen molar-refractivity contribution in [3.8, 4) is 0 Å². The van der Waals surface area contributed by atoms with Gasteiger partial charge in [-0.25, -0.2) is 21.6 Å². The number of nitrogens with zero attached hydrogens (tertiary/aromatic N) is 1. The minimum Gasteiger partial charge on any atom is -0.325 e. The van der Waals surface area contributed by atoms with Crippen molar-refractivity contribution in [2.75, 3.05) is 36.2 Å². The zero-order valence-electron chi connectivity index (χ0n) is 16.9. The van der Waals surface area contributed by atoms with Crippen molar-refractivity contribution in [2.45, 2.75) is 38.1 Å². The van der Waals surface area contributed by atoms with Crippen LogP contribution in [0.25, 0.3) is 0 Å². The second kappa shape index (κ2) is 11.5. The molecule has 0 aliphatic rings. The van der Waals surface area contributed by atoms with Crippen LogP contribution in [0.5, 0.6) is 0 Å². The fourth-order valence-corrected chi connectivity index (χ4v) is 5.74. The first-order valence-electron chi connectivity index (χ1n) is 9.11. The summed E-state index contributed by atoms with van der Waals surface area (Å²) in [5, 5.41) is 2.64. The summed E-state index contributed by atoms with van der Waals surface area (Å²) in [6, 6.07) is 3.18. The molecule has 1 aromatic rings. The third-order valence-corrected chi connectivity index (χ3v) is 8.73. The van der Waals surface area contributed by atoms with Crippen molar-refractivity contribution < 1.29 is 21.6 Å². The number of sulfonamides is 2. The van der Waals surface area contributed by atoms with Crippen molar-refractivity contribution in [3.05, 3.63) is 23.2 Å². The molecular formula is C17H28ClN3O5S3. The summed E-state index contributed by atoms with van der Waals surface area (Å²) < 4.78 is 53.0. The quantitative estimate of drug-likeness (QED) is 0.470. The van der Waals surface area contributed by atoms with Gasteiger partial charge in [-0.3, -0.25) is 4.79 Å². The fraction of sp³-hybridized carbons (Fsp3) is 0.588. The molecule has 0 aliphatic carbocycles. The molecule has 1 amide bonds. The second-order valence-electron chi connectivity index (χ2n) is 6.08. The number of hydrogen-bond acceptors (Lipinski definition) is 6. The van der Waals surface area contributed by atoms with Crippen molar-refractivity contribution in [1.82, 2.24) is 9.03 Å². The predicted octanol–water partition coefficient (Wildman–Crippen LogP) is 2.37. The van der Waals surface area contributed by atoms with Crippen LogP contribution in [0.3, 0.4) is 0 Å². The molecular weight excluding hydrogens is 458 g/mol. The van der Waals surface area contributed by atoms with Crippen molar-refractivity contribution in [1.29, 1.82) is 0 Å². The highest BCUT2D eigenvalue weighted by Crippen LogP contribution is 2.28. The van der Waals surface area contributed by atoms with Crippen LogP contribution < -0.4 is 10.0 Å². The molecule has 0 saturated carbocycles. The van der Waals surface area contributed by atoms with Gasteiger partial charge < -0.3 is 5.32 Å². The summed E-state index contributed by atoms with van der Waals surface area (Å²) in [5.74, 6) is -0.139. The Labute approximate surface area is 182 Å². The summed E-state index contributed by atoms with van der Waals surface area (Å²) in [4.78, 5) is 12.5. The number of carbonyl (C=O) groups excluding carboxylic acids is 1. The molecule has 0 spiro atoms. The lowest BCUT2D eigenvalue weighted by Crippen LogP contribution is -2.44. The van der Waals surface area contributed by atoms with Crippen molar-refractivity contribution >= 4 is 55.0 Å². The lowest BCUT2D eigenvalue weighted by atomic mass is 10.2. The van der Waals surface area contributed by atoms with E-state index in [4.69, 9.17) is 11.6 Å². The number of rotatable bonds is 12. The standard InChI is InChI=1S/C17H28ClN3O5S3/c1-5-21(6-2)29(25,26)16-12-13(8-9-14(16)18)19-17(22)15(10-11-27-4)20-28(23,24)7-3/h8-9,12,15,20H,5-7,10-11H2,1-4H3,(H,19,22). The first-order chi connectivity index (χ1) is 13.5. The van der Waals surface area contributed by atoms with E-state index in [0.29, 0.717) is 12.2 Å². The largest absolute Gasteiger partial charge is 0.325 e. The normalized spacial score (nSPS) is 13.4. The number of nitrogens with one attached hydrogen (secondary N) is 2. The molecule has 0 fully saturated rings. The van der Waals surface area contributed by atoms with Gasteiger partial charge in [0.25, 0.3) is 0 Å². The number of hydrogen-bond donors (Lipinski definition) is 2. The summed E-state index contributed by atoms with van der Waals surface area (Å²) in [5.41, 5.74) is 0.218. The van der Waals surface area contributed by atoms with Crippen LogP contribution >= 0.6 is 23.4 Å². The van der Waals surface area contributed by atoms with Crippen LogP contribution in [0.2, 0.25) is 5.02 Å². The van der Waals surface area contributed by atoms with E-state index < -0.39 is 32.0 Å². The molecule has 1 unspecified atom stereocenters. The average Bonchev–Trinajstić information content (AvgIpc) is 2.67. The number of anilines is 1. The Bertz CT molecular complexity index is 903. The Morgan fingerprint density at radius 3 is 2.31 bits per heavy atom. The van der Waals surface area contributed by atoms with Gasteiger partial charge in [0.15, 0.2) is 0 Å². The number of halogens is 1. The van der Waals surface area contributed by atoms with Crippen LogP contribution in [-0.4, -0.2) is 63.9 Å². The van der Waals surface area contributed by atoms with Gasteiger partial charge in [0.1, 0.15) is 10.9 Å². The highest BCUT2D eigenvalue weighted by molar-refractivity contribution is 7.98. The molecule has 12 heteroatoms. The van der Waals surface area contributed by atoms with Gasteiger partial charge in [0.05, 0.1) is 10.8 Å². The number of benzene rings is 1. The summed E-state index contributed by atoms with van der Waals surface area (Å²) in [7, 11) is -7.41. The zero-order chi connectivity index (χ0) is 22.2. The lowest BCUT2D eigenvalue weighted by Gasteiger charge is -2.21. The van der Waals surface area contributed by atoms with E-state index in [1.54, 1.807) is 13.8 Å². The SMILES string of the molecule is CCN(CC)S(=O)(=O)c1cc(NC(=O)C(CCSC)NS(=O)(=O)CC)ccc1Cl. The first kappa shape index (κ1) is 26.2. The van der Waals surface area contributed by atoms with Gasteiger partial charge in [-0.2, -0.15) is 16.1 Å². The van der Waals surface area contributed by atoms with Gasteiger partial charge in [-0.05, 0) is 43.6 Å². The van der Waals surface area contributed by atoms with Crippen molar-refractivity contribution in [2.24, 2.45) is 0 Å². The lowest BCUT2D eigenvalue weighted by molar-refractivity contribution is -0.117. The molecule has 0 bridgehead atoms. The maximum absolute atomic E-state index is 12.8. The molecule has 0 radical (unpaired) electrons. The molecule has 29 heavy (non-hydrogen) atoms. The molecule has 0 aliphatic heterocycles. The van der Waals surface area contributed by atoms with E-state index in [1.165, 1.54) is 41.2 Å². The number of amides is 1.